The standard InChI is InChI=1S/C31H36O16/c1-12-28(44-13(2)32)25(37)27(39)30(43-12)42-11-20-22(34)24(36)26(38)31(47-20)46-19-10-18-21(23(35)29(19)41-4)16(33)9-17(45-18)14-5-7-15(40-3)8-6-14/h5-10,12,20,22,24-28,30-31,34-39H,11H2,1-4H3/t12-,20+,22-,24+,25+,26-,27-,28+,30-,31-/m1/s1. The summed E-state index contributed by atoms with van der Waals surface area (Å²) in [5.41, 5.74) is -0.162. The van der Waals surface area contributed by atoms with Crippen LogP contribution in [0.4, 0.5) is 0 Å². The highest BCUT2D eigenvalue weighted by Gasteiger charge is 2.48. The van der Waals surface area contributed by atoms with E-state index in [9.17, 15) is 40.2 Å². The van der Waals surface area contributed by atoms with Gasteiger partial charge in [-0.05, 0) is 31.2 Å². The maximum absolute atomic E-state index is 13.0. The van der Waals surface area contributed by atoms with Crippen LogP contribution in [0.1, 0.15) is 13.8 Å². The number of rotatable bonds is 9. The number of phenols is 1. The van der Waals surface area contributed by atoms with Gasteiger partial charge in [-0.25, -0.2) is 0 Å². The van der Waals surface area contributed by atoms with Crippen molar-refractivity contribution >= 4 is 16.9 Å². The highest BCUT2D eigenvalue weighted by atomic mass is 16.7. The van der Waals surface area contributed by atoms with Crippen LogP contribution in [0.3, 0.4) is 0 Å². The van der Waals surface area contributed by atoms with Gasteiger partial charge in [-0.3, -0.25) is 9.59 Å². The SMILES string of the molecule is COc1ccc(-c2cc(=O)c3c(O)c(OC)c(O[C@@H]4O[C@@H](CO[C@@H]5O[C@H](C)[C@H](OC(C)=O)[C@@H](O)[C@H]5O)[C@@H](O)[C@H](O)[C@H]4O)cc3o2)cc1. The van der Waals surface area contributed by atoms with Gasteiger partial charge in [0, 0.05) is 24.6 Å². The first kappa shape index (κ1) is 34.3. The van der Waals surface area contributed by atoms with E-state index in [0.29, 0.717) is 11.3 Å². The van der Waals surface area contributed by atoms with Crippen LogP contribution in [0.25, 0.3) is 22.3 Å². The van der Waals surface area contributed by atoms with Crippen LogP contribution in [0.5, 0.6) is 23.0 Å². The van der Waals surface area contributed by atoms with E-state index in [1.54, 1.807) is 24.3 Å². The molecule has 2 aliphatic rings. The van der Waals surface area contributed by atoms with Crippen LogP contribution < -0.4 is 19.6 Å². The average Bonchev–Trinajstić information content (AvgIpc) is 3.04. The number of hydrogen-bond acceptors (Lipinski definition) is 16. The zero-order valence-corrected chi connectivity index (χ0v) is 25.7. The number of aromatic hydroxyl groups is 1. The zero-order valence-electron chi connectivity index (χ0n) is 25.7. The summed E-state index contributed by atoms with van der Waals surface area (Å²) in [7, 11) is 2.71. The molecular formula is C31H36O16. The molecule has 0 bridgehead atoms. The Morgan fingerprint density at radius 2 is 1.55 bits per heavy atom. The highest BCUT2D eigenvalue weighted by molar-refractivity contribution is 5.89. The Hall–Kier alpha value is -4.00. The van der Waals surface area contributed by atoms with Crippen molar-refractivity contribution in [1.29, 1.82) is 0 Å². The Morgan fingerprint density at radius 1 is 0.872 bits per heavy atom. The van der Waals surface area contributed by atoms with E-state index in [-0.39, 0.29) is 28.2 Å². The minimum atomic E-state index is -1.83. The van der Waals surface area contributed by atoms with E-state index in [1.807, 2.05) is 0 Å². The number of carbonyl (C=O) groups excluding carboxylic acids is 1. The predicted octanol–water partition coefficient (Wildman–Crippen LogP) is -0.216. The largest absolute Gasteiger partial charge is 0.504 e. The number of ether oxygens (including phenoxy) is 7. The maximum atomic E-state index is 13.0. The molecule has 3 aromatic rings. The lowest BCUT2D eigenvalue weighted by Gasteiger charge is -2.43. The van der Waals surface area contributed by atoms with Crippen molar-refractivity contribution in [2.24, 2.45) is 0 Å². The molecule has 2 aliphatic heterocycles. The van der Waals surface area contributed by atoms with Crippen LogP contribution in [-0.4, -0.2) is 119 Å². The van der Waals surface area contributed by atoms with Gasteiger partial charge in [0.2, 0.25) is 12.0 Å². The van der Waals surface area contributed by atoms with Gasteiger partial charge in [-0.2, -0.15) is 0 Å². The van der Waals surface area contributed by atoms with E-state index in [4.69, 9.17) is 37.6 Å². The molecule has 5 rings (SSSR count). The molecule has 16 nitrogen and oxygen atoms in total. The Kier molecular flexibility index (Phi) is 10.2. The minimum Gasteiger partial charge on any atom is -0.504 e. The Morgan fingerprint density at radius 3 is 2.19 bits per heavy atom. The first-order valence-electron chi connectivity index (χ1n) is 14.5. The molecular weight excluding hydrogens is 628 g/mol. The second-order valence-corrected chi connectivity index (χ2v) is 11.1. The van der Waals surface area contributed by atoms with E-state index in [0.717, 1.165) is 6.92 Å². The van der Waals surface area contributed by atoms with Gasteiger partial charge in [0.25, 0.3) is 0 Å². The van der Waals surface area contributed by atoms with Crippen molar-refractivity contribution < 1.29 is 73.0 Å². The summed E-state index contributed by atoms with van der Waals surface area (Å²) in [5.74, 6) is -1.13. The monoisotopic (exact) mass is 664 g/mol. The van der Waals surface area contributed by atoms with E-state index < -0.39 is 85.2 Å². The lowest BCUT2D eigenvalue weighted by Crippen LogP contribution is -2.62. The molecule has 2 fully saturated rings. The number of phenolic OH excluding ortho intramolecular Hbond substituents is 1. The number of benzene rings is 2. The van der Waals surface area contributed by atoms with Gasteiger partial charge in [0.05, 0.1) is 26.9 Å². The molecule has 0 amide bonds. The molecule has 0 saturated carbocycles. The van der Waals surface area contributed by atoms with Gasteiger partial charge in [-0.1, -0.05) is 0 Å². The molecule has 2 aromatic carbocycles. The molecule has 2 saturated heterocycles. The van der Waals surface area contributed by atoms with Crippen LogP contribution in [0, 0.1) is 0 Å². The van der Waals surface area contributed by atoms with Crippen LogP contribution in [0.15, 0.2) is 45.6 Å². The number of carbonyl (C=O) groups is 1. The molecule has 16 heteroatoms. The van der Waals surface area contributed by atoms with Gasteiger partial charge < -0.3 is 68.2 Å². The first-order chi connectivity index (χ1) is 22.3. The van der Waals surface area contributed by atoms with Crippen molar-refractivity contribution in [3.05, 3.63) is 46.6 Å². The van der Waals surface area contributed by atoms with E-state index in [2.05, 4.69) is 0 Å². The van der Waals surface area contributed by atoms with Gasteiger partial charge in [-0.15, -0.1) is 0 Å². The second kappa shape index (κ2) is 14.0. The molecule has 1 aromatic heterocycles. The average molecular weight is 665 g/mol. The van der Waals surface area contributed by atoms with Crippen LogP contribution in [-0.2, 0) is 23.7 Å². The lowest BCUT2D eigenvalue weighted by atomic mass is 9.98. The smallest absolute Gasteiger partial charge is 0.303 e. The van der Waals surface area contributed by atoms with Gasteiger partial charge >= 0.3 is 5.97 Å². The van der Waals surface area contributed by atoms with E-state index >= 15 is 0 Å². The Balaban J connectivity index is 1.37. The molecule has 47 heavy (non-hydrogen) atoms. The molecule has 6 N–H and O–H groups in total. The number of aliphatic hydroxyl groups excluding tert-OH is 5. The third-order valence-corrected chi connectivity index (χ3v) is 7.91. The third kappa shape index (κ3) is 6.86. The summed E-state index contributed by atoms with van der Waals surface area (Å²) in [6.45, 7) is 2.09. The number of hydrogen-bond donors (Lipinski definition) is 6. The fourth-order valence-electron chi connectivity index (χ4n) is 5.41. The van der Waals surface area contributed by atoms with Crippen molar-refractivity contribution in [3.63, 3.8) is 0 Å². The van der Waals surface area contributed by atoms with Crippen molar-refractivity contribution in [2.45, 2.75) is 75.3 Å². The highest BCUT2D eigenvalue weighted by Crippen LogP contribution is 2.43. The Labute approximate surface area is 267 Å². The summed E-state index contributed by atoms with van der Waals surface area (Å²) in [6, 6.07) is 9.11. The fraction of sp³-hybridized carbons (Fsp3) is 0.484. The maximum Gasteiger partial charge on any atom is 0.303 e. The fourth-order valence-corrected chi connectivity index (χ4v) is 5.41. The number of fused-ring (bicyclic) bond motifs is 1. The van der Waals surface area contributed by atoms with Gasteiger partial charge in [0.1, 0.15) is 59.1 Å². The molecule has 0 aliphatic carbocycles. The second-order valence-electron chi connectivity index (χ2n) is 11.1. The normalized spacial score (nSPS) is 30.9. The summed E-state index contributed by atoms with van der Waals surface area (Å²) in [6.07, 6.45) is -15.2. The quantitative estimate of drug-likeness (QED) is 0.162. The molecule has 256 valence electrons. The zero-order chi connectivity index (χ0) is 34.2. The number of esters is 1. The molecule has 10 atom stereocenters. The van der Waals surface area contributed by atoms with Crippen LogP contribution >= 0.6 is 0 Å². The third-order valence-electron chi connectivity index (χ3n) is 7.91. The molecule has 0 unspecified atom stereocenters. The summed E-state index contributed by atoms with van der Waals surface area (Å²) in [4.78, 5) is 24.4. The van der Waals surface area contributed by atoms with Crippen molar-refractivity contribution in [1.82, 2.24) is 0 Å². The van der Waals surface area contributed by atoms with Crippen molar-refractivity contribution in [3.8, 4) is 34.3 Å². The summed E-state index contributed by atoms with van der Waals surface area (Å²) >= 11 is 0. The Bertz CT molecular complexity index is 1620. The first-order valence-corrected chi connectivity index (χ1v) is 14.5. The molecule has 3 heterocycles. The molecule has 0 spiro atoms. The number of methoxy groups -OCH3 is 2. The lowest BCUT2D eigenvalue weighted by molar-refractivity contribution is -0.319. The van der Waals surface area contributed by atoms with Gasteiger partial charge in [0.15, 0.2) is 29.3 Å². The molecule has 0 radical (unpaired) electrons. The predicted molar refractivity (Wildman–Crippen MR) is 158 cm³/mol. The van der Waals surface area contributed by atoms with Crippen LogP contribution in [0.2, 0.25) is 0 Å². The topological polar surface area (TPSA) is 233 Å². The van der Waals surface area contributed by atoms with Crippen molar-refractivity contribution in [2.75, 3.05) is 20.8 Å². The summed E-state index contributed by atoms with van der Waals surface area (Å²) in [5, 5.41) is 63.6. The minimum absolute atomic E-state index is 0.106. The van der Waals surface area contributed by atoms with E-state index in [1.165, 1.54) is 33.3 Å². The summed E-state index contributed by atoms with van der Waals surface area (Å²) < 4.78 is 44.0. The number of aliphatic hydroxyl groups is 5.